The molecule has 0 aromatic heterocycles. The van der Waals surface area contributed by atoms with Crippen molar-refractivity contribution in [3.8, 4) is 0 Å². The van der Waals surface area contributed by atoms with E-state index in [1.54, 1.807) is 0 Å². The van der Waals surface area contributed by atoms with Crippen molar-refractivity contribution in [3.63, 3.8) is 0 Å². The molecule has 0 saturated carbocycles. The number of carbonyl (C=O) groups excluding carboxylic acids is 1. The highest BCUT2D eigenvalue weighted by Crippen LogP contribution is 2.40. The number of ether oxygens (including phenoxy) is 1. The van der Waals surface area contributed by atoms with Crippen molar-refractivity contribution in [2.45, 2.75) is 38.4 Å². The van der Waals surface area contributed by atoms with Gasteiger partial charge in [-0.3, -0.25) is 4.90 Å². The Balaban J connectivity index is 1.64. The Morgan fingerprint density at radius 2 is 1.85 bits per heavy atom. The summed E-state index contributed by atoms with van der Waals surface area (Å²) in [5.41, 5.74) is 3.12. The SMILES string of the molecule is CCOC(=O)c1ccc(N2C[C@H]3CCCCN3[C@@H]2c2ccccc2)cc1. The van der Waals surface area contributed by atoms with Crippen molar-refractivity contribution in [2.75, 3.05) is 24.6 Å². The van der Waals surface area contributed by atoms with E-state index in [4.69, 9.17) is 4.74 Å². The standard InChI is InChI=1S/C22H26N2O2/c1-2-26-22(25)18-11-13-19(14-12-18)24-16-20-10-6-7-15-23(20)21(24)17-8-4-3-5-9-17/h3-5,8-9,11-14,20-21H,2,6-7,10,15-16H2,1H3/t20-,21+/m1/s1. The van der Waals surface area contributed by atoms with Gasteiger partial charge in [-0.05, 0) is 49.6 Å². The summed E-state index contributed by atoms with van der Waals surface area (Å²) in [5, 5.41) is 0. The maximum Gasteiger partial charge on any atom is 0.338 e. The van der Waals surface area contributed by atoms with E-state index in [0.717, 1.165) is 13.1 Å². The van der Waals surface area contributed by atoms with Crippen LogP contribution in [0.5, 0.6) is 0 Å². The summed E-state index contributed by atoms with van der Waals surface area (Å²) in [4.78, 5) is 17.1. The average Bonchev–Trinajstić information content (AvgIpc) is 3.08. The molecule has 4 nitrogen and oxygen atoms in total. The van der Waals surface area contributed by atoms with Crippen molar-refractivity contribution in [3.05, 3.63) is 65.7 Å². The second-order valence-corrected chi connectivity index (χ2v) is 7.09. The molecule has 4 rings (SSSR count). The molecule has 0 bridgehead atoms. The summed E-state index contributed by atoms with van der Waals surface area (Å²) in [6.07, 6.45) is 4.13. The number of hydrogen-bond acceptors (Lipinski definition) is 4. The summed E-state index contributed by atoms with van der Waals surface area (Å²) < 4.78 is 5.10. The van der Waals surface area contributed by atoms with E-state index < -0.39 is 0 Å². The predicted molar refractivity (Wildman–Crippen MR) is 103 cm³/mol. The zero-order chi connectivity index (χ0) is 17.9. The molecule has 2 aromatic rings. The molecule has 0 N–H and O–H groups in total. The Bertz CT molecular complexity index is 744. The quantitative estimate of drug-likeness (QED) is 0.772. The fourth-order valence-electron chi connectivity index (χ4n) is 4.29. The number of nitrogens with zero attached hydrogens (tertiary/aromatic N) is 2. The molecule has 2 saturated heterocycles. The van der Waals surface area contributed by atoms with Crippen LogP contribution in [-0.4, -0.2) is 36.6 Å². The summed E-state index contributed by atoms with van der Waals surface area (Å²) >= 11 is 0. The third-order valence-corrected chi connectivity index (χ3v) is 5.50. The molecule has 0 spiro atoms. The first-order valence-corrected chi connectivity index (χ1v) is 9.62. The van der Waals surface area contributed by atoms with Crippen molar-refractivity contribution >= 4 is 11.7 Å². The summed E-state index contributed by atoms with van der Waals surface area (Å²) in [6, 6.07) is 19.2. The highest BCUT2D eigenvalue weighted by Gasteiger charge is 2.41. The molecule has 0 aliphatic carbocycles. The van der Waals surface area contributed by atoms with Crippen LogP contribution in [-0.2, 0) is 4.74 Å². The molecular weight excluding hydrogens is 324 g/mol. The minimum atomic E-state index is -0.252. The Morgan fingerprint density at radius 1 is 1.08 bits per heavy atom. The van der Waals surface area contributed by atoms with E-state index in [0.29, 0.717) is 18.2 Å². The molecule has 2 atom stereocenters. The second-order valence-electron chi connectivity index (χ2n) is 7.09. The van der Waals surface area contributed by atoms with E-state index in [-0.39, 0.29) is 12.1 Å². The second kappa shape index (κ2) is 7.50. The zero-order valence-corrected chi connectivity index (χ0v) is 15.3. The van der Waals surface area contributed by atoms with E-state index in [9.17, 15) is 4.79 Å². The lowest BCUT2D eigenvalue weighted by Crippen LogP contribution is -2.37. The molecule has 4 heteroatoms. The molecular formula is C22H26N2O2. The van der Waals surface area contributed by atoms with Gasteiger partial charge < -0.3 is 9.64 Å². The van der Waals surface area contributed by atoms with Gasteiger partial charge in [-0.15, -0.1) is 0 Å². The van der Waals surface area contributed by atoms with Crippen LogP contribution in [0.3, 0.4) is 0 Å². The van der Waals surface area contributed by atoms with Crippen LogP contribution in [0.2, 0.25) is 0 Å². The number of hydrogen-bond donors (Lipinski definition) is 0. The Hall–Kier alpha value is -2.33. The van der Waals surface area contributed by atoms with Crippen LogP contribution in [0.15, 0.2) is 54.6 Å². The van der Waals surface area contributed by atoms with Crippen molar-refractivity contribution in [1.82, 2.24) is 4.90 Å². The molecule has 2 heterocycles. The molecule has 136 valence electrons. The Morgan fingerprint density at radius 3 is 2.58 bits per heavy atom. The number of carbonyl (C=O) groups is 1. The van der Waals surface area contributed by atoms with Gasteiger partial charge in [0.2, 0.25) is 0 Å². The first kappa shape index (κ1) is 17.1. The van der Waals surface area contributed by atoms with Crippen molar-refractivity contribution < 1.29 is 9.53 Å². The fraction of sp³-hybridized carbons (Fsp3) is 0.409. The van der Waals surface area contributed by atoms with Crippen LogP contribution >= 0.6 is 0 Å². The van der Waals surface area contributed by atoms with E-state index in [2.05, 4.69) is 52.3 Å². The topological polar surface area (TPSA) is 32.8 Å². The molecule has 2 aliphatic rings. The normalized spacial score (nSPS) is 22.9. The van der Waals surface area contributed by atoms with E-state index >= 15 is 0 Å². The summed E-state index contributed by atoms with van der Waals surface area (Å²) in [5.74, 6) is -0.252. The predicted octanol–water partition coefficient (Wildman–Crippen LogP) is 4.24. The Labute approximate surface area is 155 Å². The maximum absolute atomic E-state index is 11.9. The van der Waals surface area contributed by atoms with Gasteiger partial charge in [-0.25, -0.2) is 4.79 Å². The van der Waals surface area contributed by atoms with Crippen LogP contribution in [0.4, 0.5) is 5.69 Å². The third kappa shape index (κ3) is 3.21. The molecule has 0 radical (unpaired) electrons. The van der Waals surface area contributed by atoms with Gasteiger partial charge in [0.1, 0.15) is 6.17 Å². The largest absolute Gasteiger partial charge is 0.462 e. The van der Waals surface area contributed by atoms with Gasteiger partial charge in [-0.1, -0.05) is 36.8 Å². The third-order valence-electron chi connectivity index (χ3n) is 5.50. The minimum Gasteiger partial charge on any atom is -0.462 e. The smallest absolute Gasteiger partial charge is 0.338 e. The van der Waals surface area contributed by atoms with Crippen LogP contribution < -0.4 is 4.90 Å². The number of benzene rings is 2. The number of piperidine rings is 1. The van der Waals surface area contributed by atoms with Crippen molar-refractivity contribution in [1.29, 1.82) is 0 Å². The lowest BCUT2D eigenvalue weighted by atomic mass is 10.0. The lowest BCUT2D eigenvalue weighted by Gasteiger charge is -2.35. The maximum atomic E-state index is 11.9. The summed E-state index contributed by atoms with van der Waals surface area (Å²) in [6.45, 7) is 4.43. The van der Waals surface area contributed by atoms with Gasteiger partial charge in [0, 0.05) is 24.8 Å². The van der Waals surface area contributed by atoms with Gasteiger partial charge in [0.05, 0.1) is 12.2 Å². The van der Waals surface area contributed by atoms with Crippen molar-refractivity contribution in [2.24, 2.45) is 0 Å². The minimum absolute atomic E-state index is 0.252. The molecule has 2 aromatic carbocycles. The molecule has 26 heavy (non-hydrogen) atoms. The zero-order valence-electron chi connectivity index (χ0n) is 15.3. The molecule has 2 aliphatic heterocycles. The van der Waals surface area contributed by atoms with Gasteiger partial charge in [-0.2, -0.15) is 0 Å². The number of fused-ring (bicyclic) bond motifs is 1. The molecule has 0 unspecified atom stereocenters. The van der Waals surface area contributed by atoms with Crippen LogP contribution in [0.1, 0.15) is 48.3 Å². The Kier molecular flexibility index (Phi) is 4.93. The number of rotatable bonds is 4. The van der Waals surface area contributed by atoms with Crippen LogP contribution in [0, 0.1) is 0 Å². The molecule has 2 fully saturated rings. The van der Waals surface area contributed by atoms with Crippen LogP contribution in [0.25, 0.3) is 0 Å². The van der Waals surface area contributed by atoms with Gasteiger partial charge in [0.15, 0.2) is 0 Å². The average molecular weight is 350 g/mol. The van der Waals surface area contributed by atoms with E-state index in [1.807, 2.05) is 19.1 Å². The number of anilines is 1. The highest BCUT2D eigenvalue weighted by molar-refractivity contribution is 5.89. The monoisotopic (exact) mass is 350 g/mol. The van der Waals surface area contributed by atoms with Gasteiger partial charge in [0.25, 0.3) is 0 Å². The summed E-state index contributed by atoms with van der Waals surface area (Å²) in [7, 11) is 0. The number of esters is 1. The van der Waals surface area contributed by atoms with Gasteiger partial charge >= 0.3 is 5.97 Å². The fourth-order valence-corrected chi connectivity index (χ4v) is 4.29. The molecule has 0 amide bonds. The lowest BCUT2D eigenvalue weighted by molar-refractivity contribution is 0.0526. The first-order chi connectivity index (χ1) is 12.8. The first-order valence-electron chi connectivity index (χ1n) is 9.62. The van der Waals surface area contributed by atoms with E-state index in [1.165, 1.54) is 30.5 Å². The highest BCUT2D eigenvalue weighted by atomic mass is 16.5.